The summed E-state index contributed by atoms with van der Waals surface area (Å²) in [5.74, 6) is 1.13. The predicted octanol–water partition coefficient (Wildman–Crippen LogP) is 4.72. The Kier molecular flexibility index (Phi) is 7.62. The van der Waals surface area contributed by atoms with Gasteiger partial charge in [-0.1, -0.05) is 30.7 Å². The van der Waals surface area contributed by atoms with Crippen LogP contribution in [0, 0.1) is 11.8 Å². The Morgan fingerprint density at radius 3 is 2.45 bits per heavy atom. The monoisotopic (exact) mass is 489 g/mol. The van der Waals surface area contributed by atoms with Gasteiger partial charge in [0.2, 0.25) is 0 Å². The molecule has 0 aromatic heterocycles. The molecule has 33 heavy (non-hydrogen) atoms. The Morgan fingerprint density at radius 2 is 1.73 bits per heavy atom. The minimum atomic E-state index is -3.84. The normalized spacial score (nSPS) is 20.5. The number of anilines is 1. The first kappa shape index (κ1) is 24.0. The van der Waals surface area contributed by atoms with Crippen LogP contribution in [0.4, 0.5) is 5.69 Å². The Labute approximate surface area is 202 Å². The minimum Gasteiger partial charge on any atom is -0.338 e. The summed E-state index contributed by atoms with van der Waals surface area (Å²) in [6, 6.07) is 12.8. The summed E-state index contributed by atoms with van der Waals surface area (Å²) in [6.07, 6.45) is 4.59. The van der Waals surface area contributed by atoms with Crippen molar-refractivity contribution in [1.82, 2.24) is 9.80 Å². The molecular weight excluding hydrogens is 458 g/mol. The number of hydrogen-bond acceptors (Lipinski definition) is 4. The summed E-state index contributed by atoms with van der Waals surface area (Å²) < 4.78 is 28.3. The van der Waals surface area contributed by atoms with Crippen LogP contribution in [0.2, 0.25) is 5.02 Å². The zero-order valence-electron chi connectivity index (χ0n) is 19.0. The SMILES string of the molecule is CC1CCN(CC2CCCN(C(=O)c3ccccc3NS(=O)(=O)c3ccc(Cl)cc3)C2)CC1. The Hall–Kier alpha value is -2.09. The molecule has 1 amide bonds. The number of likely N-dealkylation sites (tertiary alicyclic amines) is 2. The third kappa shape index (κ3) is 6.08. The molecule has 178 valence electrons. The third-order valence-corrected chi connectivity index (χ3v) is 8.36. The molecule has 1 N–H and O–H groups in total. The summed E-state index contributed by atoms with van der Waals surface area (Å²) in [7, 11) is -3.84. The van der Waals surface area contributed by atoms with E-state index in [0.29, 0.717) is 35.3 Å². The number of nitrogens with one attached hydrogen (secondary N) is 1. The molecule has 2 fully saturated rings. The van der Waals surface area contributed by atoms with Gasteiger partial charge in [0, 0.05) is 24.7 Å². The number of para-hydroxylation sites is 1. The fourth-order valence-electron chi connectivity index (χ4n) is 4.75. The van der Waals surface area contributed by atoms with Crippen LogP contribution in [0.5, 0.6) is 0 Å². The van der Waals surface area contributed by atoms with E-state index in [4.69, 9.17) is 11.6 Å². The number of amides is 1. The molecule has 0 aliphatic carbocycles. The molecule has 1 atom stereocenters. The first-order chi connectivity index (χ1) is 15.8. The van der Waals surface area contributed by atoms with E-state index >= 15 is 0 Å². The third-order valence-electron chi connectivity index (χ3n) is 6.72. The van der Waals surface area contributed by atoms with Gasteiger partial charge in [-0.05, 0) is 87.0 Å². The van der Waals surface area contributed by atoms with Crippen molar-refractivity contribution in [2.24, 2.45) is 11.8 Å². The van der Waals surface area contributed by atoms with Crippen LogP contribution in [0.1, 0.15) is 43.0 Å². The molecule has 2 saturated heterocycles. The number of nitrogens with zero attached hydrogens (tertiary/aromatic N) is 2. The number of halogens is 1. The molecule has 2 aliphatic rings. The number of benzene rings is 2. The van der Waals surface area contributed by atoms with Crippen molar-refractivity contribution < 1.29 is 13.2 Å². The van der Waals surface area contributed by atoms with Crippen LogP contribution in [-0.2, 0) is 10.0 Å². The Morgan fingerprint density at radius 1 is 1.03 bits per heavy atom. The topological polar surface area (TPSA) is 69.7 Å². The van der Waals surface area contributed by atoms with Crippen LogP contribution in [0.3, 0.4) is 0 Å². The van der Waals surface area contributed by atoms with Crippen LogP contribution < -0.4 is 4.72 Å². The zero-order chi connectivity index (χ0) is 23.4. The number of sulfonamides is 1. The van der Waals surface area contributed by atoms with Crippen LogP contribution in [0.15, 0.2) is 53.4 Å². The highest BCUT2D eigenvalue weighted by atomic mass is 35.5. The van der Waals surface area contributed by atoms with Gasteiger partial charge < -0.3 is 9.80 Å². The lowest BCUT2D eigenvalue weighted by Crippen LogP contribution is -2.45. The Balaban J connectivity index is 1.45. The molecule has 0 saturated carbocycles. The summed E-state index contributed by atoms with van der Waals surface area (Å²) in [4.78, 5) is 17.9. The van der Waals surface area contributed by atoms with Crippen molar-refractivity contribution >= 4 is 33.2 Å². The molecule has 0 spiro atoms. The zero-order valence-corrected chi connectivity index (χ0v) is 20.6. The van der Waals surface area contributed by atoms with Gasteiger partial charge in [-0.2, -0.15) is 0 Å². The van der Waals surface area contributed by atoms with E-state index in [9.17, 15) is 13.2 Å². The van der Waals surface area contributed by atoms with Gasteiger partial charge in [0.25, 0.3) is 15.9 Å². The average molecular weight is 490 g/mol. The fourth-order valence-corrected chi connectivity index (χ4v) is 5.96. The fraction of sp³-hybridized carbons (Fsp3) is 0.480. The summed E-state index contributed by atoms with van der Waals surface area (Å²) in [5.41, 5.74) is 0.673. The largest absolute Gasteiger partial charge is 0.338 e. The lowest BCUT2D eigenvalue weighted by atomic mass is 9.94. The first-order valence-electron chi connectivity index (χ1n) is 11.7. The Bertz CT molecular complexity index is 1070. The lowest BCUT2D eigenvalue weighted by Gasteiger charge is -2.38. The van der Waals surface area contributed by atoms with E-state index in [2.05, 4.69) is 16.5 Å². The molecule has 8 heteroatoms. The molecule has 1 unspecified atom stereocenters. The van der Waals surface area contributed by atoms with E-state index < -0.39 is 10.0 Å². The van der Waals surface area contributed by atoms with Crippen LogP contribution in [-0.4, -0.2) is 56.8 Å². The molecule has 2 aliphatic heterocycles. The van der Waals surface area contributed by atoms with Crippen LogP contribution >= 0.6 is 11.6 Å². The highest BCUT2D eigenvalue weighted by Gasteiger charge is 2.28. The van der Waals surface area contributed by atoms with E-state index in [-0.39, 0.29) is 10.8 Å². The number of piperidine rings is 2. The van der Waals surface area contributed by atoms with Crippen molar-refractivity contribution in [2.75, 3.05) is 37.4 Å². The predicted molar refractivity (Wildman–Crippen MR) is 132 cm³/mol. The second-order valence-electron chi connectivity index (χ2n) is 9.35. The van der Waals surface area contributed by atoms with Gasteiger partial charge in [0.1, 0.15) is 0 Å². The second-order valence-corrected chi connectivity index (χ2v) is 11.5. The molecular formula is C25H32ClN3O3S. The molecule has 0 bridgehead atoms. The van der Waals surface area contributed by atoms with Gasteiger partial charge in [-0.25, -0.2) is 8.42 Å². The van der Waals surface area contributed by atoms with Gasteiger partial charge in [-0.3, -0.25) is 9.52 Å². The van der Waals surface area contributed by atoms with E-state index in [1.54, 1.807) is 24.3 Å². The molecule has 6 nitrogen and oxygen atoms in total. The lowest BCUT2D eigenvalue weighted by molar-refractivity contribution is 0.0623. The highest BCUT2D eigenvalue weighted by molar-refractivity contribution is 7.92. The number of carbonyl (C=O) groups excluding carboxylic acids is 1. The summed E-state index contributed by atoms with van der Waals surface area (Å²) in [6.45, 7) is 7.04. The molecule has 2 heterocycles. The molecule has 4 rings (SSSR count). The number of carbonyl (C=O) groups is 1. The van der Waals surface area contributed by atoms with Crippen LogP contribution in [0.25, 0.3) is 0 Å². The standard InChI is InChI=1S/C25H32ClN3O3S/c1-19-12-15-28(16-13-19)17-20-5-4-14-29(18-20)25(30)23-6-2-3-7-24(23)27-33(31,32)22-10-8-21(26)9-11-22/h2-3,6-11,19-20,27H,4-5,12-18H2,1H3. The number of rotatable bonds is 6. The van der Waals surface area contributed by atoms with Gasteiger partial charge >= 0.3 is 0 Å². The quantitative estimate of drug-likeness (QED) is 0.637. The maximum absolute atomic E-state index is 13.4. The molecule has 0 radical (unpaired) electrons. The summed E-state index contributed by atoms with van der Waals surface area (Å²) in [5, 5.41) is 0.461. The molecule has 2 aromatic rings. The van der Waals surface area contributed by atoms with Crippen molar-refractivity contribution in [2.45, 2.75) is 37.5 Å². The molecule has 2 aromatic carbocycles. The maximum Gasteiger partial charge on any atom is 0.261 e. The average Bonchev–Trinajstić information content (AvgIpc) is 2.81. The van der Waals surface area contributed by atoms with Gasteiger partial charge in [0.15, 0.2) is 0 Å². The van der Waals surface area contributed by atoms with Gasteiger partial charge in [0.05, 0.1) is 16.1 Å². The van der Waals surface area contributed by atoms with E-state index in [1.165, 1.54) is 37.1 Å². The van der Waals surface area contributed by atoms with E-state index in [0.717, 1.165) is 38.4 Å². The first-order valence-corrected chi connectivity index (χ1v) is 13.6. The van der Waals surface area contributed by atoms with Crippen molar-refractivity contribution in [1.29, 1.82) is 0 Å². The number of hydrogen-bond donors (Lipinski definition) is 1. The minimum absolute atomic E-state index is 0.100. The van der Waals surface area contributed by atoms with Crippen molar-refractivity contribution in [3.05, 3.63) is 59.1 Å². The maximum atomic E-state index is 13.4. The second kappa shape index (κ2) is 10.5. The highest BCUT2D eigenvalue weighted by Crippen LogP contribution is 2.26. The van der Waals surface area contributed by atoms with Crippen molar-refractivity contribution in [3.63, 3.8) is 0 Å². The summed E-state index contributed by atoms with van der Waals surface area (Å²) >= 11 is 5.89. The van der Waals surface area contributed by atoms with Crippen molar-refractivity contribution in [3.8, 4) is 0 Å². The van der Waals surface area contributed by atoms with E-state index in [1.807, 2.05) is 4.90 Å². The van der Waals surface area contributed by atoms with Gasteiger partial charge in [-0.15, -0.1) is 0 Å². The smallest absolute Gasteiger partial charge is 0.261 e.